The Balaban J connectivity index is 1.35. The van der Waals surface area contributed by atoms with Crippen LogP contribution in [0.2, 0.25) is 0 Å². The Hall–Kier alpha value is -3.64. The number of morpholine rings is 1. The molecule has 1 aliphatic heterocycles. The van der Waals surface area contributed by atoms with Gasteiger partial charge in [-0.3, -0.25) is 9.59 Å². The zero-order chi connectivity index (χ0) is 22.2. The highest BCUT2D eigenvalue weighted by Crippen LogP contribution is 2.26. The van der Waals surface area contributed by atoms with E-state index < -0.39 is 11.9 Å². The summed E-state index contributed by atoms with van der Waals surface area (Å²) in [5, 5.41) is 2.79. The first-order valence-electron chi connectivity index (χ1n) is 10.7. The maximum atomic E-state index is 12.9. The molecule has 1 amide bonds. The fourth-order valence-electron chi connectivity index (χ4n) is 3.75. The van der Waals surface area contributed by atoms with Crippen LogP contribution < -0.4 is 10.2 Å². The highest BCUT2D eigenvalue weighted by atomic mass is 16.5. The Morgan fingerprint density at radius 2 is 1.41 bits per heavy atom. The summed E-state index contributed by atoms with van der Waals surface area (Å²) in [5.41, 5.74) is 3.39. The zero-order valence-electron chi connectivity index (χ0n) is 17.8. The molecule has 1 heterocycles. The van der Waals surface area contributed by atoms with E-state index in [1.54, 1.807) is 0 Å². The van der Waals surface area contributed by atoms with E-state index in [-0.39, 0.29) is 12.5 Å². The number of carbonyl (C=O) groups excluding carboxylic acids is 2. The first-order valence-corrected chi connectivity index (χ1v) is 10.7. The van der Waals surface area contributed by atoms with Crippen LogP contribution in [0.5, 0.6) is 0 Å². The Labute approximate surface area is 187 Å². The molecule has 1 aliphatic rings. The summed E-state index contributed by atoms with van der Waals surface area (Å²) < 4.78 is 10.8. The van der Waals surface area contributed by atoms with Gasteiger partial charge in [-0.25, -0.2) is 0 Å². The molecule has 32 heavy (non-hydrogen) atoms. The molecule has 3 aromatic carbocycles. The summed E-state index contributed by atoms with van der Waals surface area (Å²) in [6.07, 6.45) is 0. The van der Waals surface area contributed by atoms with Crippen molar-refractivity contribution >= 4 is 23.3 Å². The van der Waals surface area contributed by atoms with E-state index in [1.165, 1.54) is 0 Å². The van der Waals surface area contributed by atoms with Gasteiger partial charge < -0.3 is 19.7 Å². The molecule has 3 aromatic rings. The number of nitrogens with zero attached hydrogens (tertiary/aromatic N) is 1. The number of carbonyl (C=O) groups is 2. The number of anilines is 2. The van der Waals surface area contributed by atoms with E-state index in [0.29, 0.717) is 5.69 Å². The van der Waals surface area contributed by atoms with E-state index in [9.17, 15) is 9.59 Å². The lowest BCUT2D eigenvalue weighted by Crippen LogP contribution is -2.36. The minimum absolute atomic E-state index is 0.347. The fraction of sp³-hybridized carbons (Fsp3) is 0.231. The lowest BCUT2D eigenvalue weighted by Gasteiger charge is -2.28. The Kier molecular flexibility index (Phi) is 7.15. The zero-order valence-corrected chi connectivity index (χ0v) is 17.8. The molecular formula is C26H26N2O4. The van der Waals surface area contributed by atoms with E-state index in [2.05, 4.69) is 10.2 Å². The number of ether oxygens (including phenoxy) is 2. The first kappa shape index (κ1) is 21.6. The molecule has 0 aliphatic carbocycles. The van der Waals surface area contributed by atoms with Gasteiger partial charge in [-0.15, -0.1) is 0 Å². The number of hydrogen-bond donors (Lipinski definition) is 1. The Morgan fingerprint density at radius 3 is 1.97 bits per heavy atom. The van der Waals surface area contributed by atoms with Gasteiger partial charge in [0.15, 0.2) is 6.61 Å². The Bertz CT molecular complexity index is 977. The van der Waals surface area contributed by atoms with Gasteiger partial charge in [0.1, 0.15) is 5.92 Å². The normalized spacial score (nSPS) is 13.6. The molecule has 0 radical (unpaired) electrons. The second-order valence-corrected chi connectivity index (χ2v) is 7.56. The summed E-state index contributed by atoms with van der Waals surface area (Å²) in [6, 6.07) is 26.5. The summed E-state index contributed by atoms with van der Waals surface area (Å²) in [5.74, 6) is -1.42. The molecule has 164 valence electrons. The quantitative estimate of drug-likeness (QED) is 0.577. The summed E-state index contributed by atoms with van der Waals surface area (Å²) in [6.45, 7) is 2.80. The van der Waals surface area contributed by atoms with Gasteiger partial charge in [0.05, 0.1) is 13.2 Å². The average Bonchev–Trinajstić information content (AvgIpc) is 2.85. The molecule has 0 bridgehead atoms. The second-order valence-electron chi connectivity index (χ2n) is 7.56. The van der Waals surface area contributed by atoms with Gasteiger partial charge in [0.2, 0.25) is 0 Å². The van der Waals surface area contributed by atoms with Gasteiger partial charge in [-0.1, -0.05) is 60.7 Å². The predicted octanol–water partition coefficient (Wildman–Crippen LogP) is 3.84. The smallest absolute Gasteiger partial charge is 0.318 e. The van der Waals surface area contributed by atoms with Crippen LogP contribution >= 0.6 is 0 Å². The third kappa shape index (κ3) is 5.53. The van der Waals surface area contributed by atoms with Crippen molar-refractivity contribution in [2.24, 2.45) is 0 Å². The van der Waals surface area contributed by atoms with Crippen LogP contribution in [-0.2, 0) is 19.1 Å². The fourth-order valence-corrected chi connectivity index (χ4v) is 3.75. The molecule has 0 spiro atoms. The average molecular weight is 431 g/mol. The molecule has 0 aromatic heterocycles. The maximum Gasteiger partial charge on any atom is 0.318 e. The third-order valence-electron chi connectivity index (χ3n) is 5.37. The topological polar surface area (TPSA) is 67.9 Å². The van der Waals surface area contributed by atoms with Crippen LogP contribution in [-0.4, -0.2) is 44.8 Å². The van der Waals surface area contributed by atoms with Crippen molar-refractivity contribution in [3.63, 3.8) is 0 Å². The Morgan fingerprint density at radius 1 is 0.844 bits per heavy atom. The van der Waals surface area contributed by atoms with Gasteiger partial charge in [0, 0.05) is 24.5 Å². The monoisotopic (exact) mass is 430 g/mol. The van der Waals surface area contributed by atoms with E-state index in [4.69, 9.17) is 9.47 Å². The lowest BCUT2D eigenvalue weighted by atomic mass is 9.91. The van der Waals surface area contributed by atoms with Crippen molar-refractivity contribution in [2.45, 2.75) is 5.92 Å². The standard InChI is InChI=1S/C26H26N2O4/c29-24(27-22-11-13-23(14-12-22)28-15-17-31-18-16-28)19-32-26(30)25(20-7-3-1-4-8-20)21-9-5-2-6-10-21/h1-14,25H,15-19H2,(H,27,29). The largest absolute Gasteiger partial charge is 0.455 e. The molecule has 0 saturated carbocycles. The molecule has 6 heteroatoms. The lowest BCUT2D eigenvalue weighted by molar-refractivity contribution is -0.147. The second kappa shape index (κ2) is 10.6. The maximum absolute atomic E-state index is 12.9. The van der Waals surface area contributed by atoms with Gasteiger partial charge in [-0.2, -0.15) is 0 Å². The van der Waals surface area contributed by atoms with Gasteiger partial charge in [0.25, 0.3) is 5.91 Å². The van der Waals surface area contributed by atoms with Gasteiger partial charge >= 0.3 is 5.97 Å². The van der Waals surface area contributed by atoms with Crippen LogP contribution in [0.15, 0.2) is 84.9 Å². The van der Waals surface area contributed by atoms with Crippen molar-refractivity contribution in [3.05, 3.63) is 96.1 Å². The summed E-state index contributed by atoms with van der Waals surface area (Å²) in [7, 11) is 0. The molecule has 1 N–H and O–H groups in total. The van der Waals surface area contributed by atoms with Crippen LogP contribution in [0, 0.1) is 0 Å². The minimum atomic E-state index is -0.585. The predicted molar refractivity (Wildman–Crippen MR) is 124 cm³/mol. The number of amides is 1. The number of esters is 1. The van der Waals surface area contributed by atoms with Gasteiger partial charge in [-0.05, 0) is 35.4 Å². The van der Waals surface area contributed by atoms with Crippen molar-refractivity contribution in [1.29, 1.82) is 0 Å². The molecule has 0 atom stereocenters. The van der Waals surface area contributed by atoms with Crippen molar-refractivity contribution < 1.29 is 19.1 Å². The van der Waals surface area contributed by atoms with E-state index in [0.717, 1.165) is 43.1 Å². The summed E-state index contributed by atoms with van der Waals surface area (Å²) >= 11 is 0. The van der Waals surface area contributed by atoms with Crippen LogP contribution in [0.25, 0.3) is 0 Å². The number of hydrogen-bond acceptors (Lipinski definition) is 5. The number of nitrogens with one attached hydrogen (secondary N) is 1. The minimum Gasteiger partial charge on any atom is -0.455 e. The first-order chi connectivity index (χ1) is 15.7. The molecule has 1 fully saturated rings. The van der Waals surface area contributed by atoms with Crippen LogP contribution in [0.1, 0.15) is 17.0 Å². The molecule has 6 nitrogen and oxygen atoms in total. The molecule has 1 saturated heterocycles. The molecular weight excluding hydrogens is 404 g/mol. The number of benzene rings is 3. The molecule has 4 rings (SSSR count). The summed E-state index contributed by atoms with van der Waals surface area (Å²) in [4.78, 5) is 27.5. The van der Waals surface area contributed by atoms with Crippen molar-refractivity contribution in [3.8, 4) is 0 Å². The number of rotatable bonds is 7. The SMILES string of the molecule is O=C(COC(=O)C(c1ccccc1)c1ccccc1)Nc1ccc(N2CCOCC2)cc1. The van der Waals surface area contributed by atoms with E-state index in [1.807, 2.05) is 84.9 Å². The van der Waals surface area contributed by atoms with E-state index >= 15 is 0 Å². The molecule has 0 unspecified atom stereocenters. The van der Waals surface area contributed by atoms with Crippen molar-refractivity contribution in [2.75, 3.05) is 43.1 Å². The van der Waals surface area contributed by atoms with Crippen LogP contribution in [0.3, 0.4) is 0 Å². The highest BCUT2D eigenvalue weighted by molar-refractivity contribution is 5.93. The van der Waals surface area contributed by atoms with Crippen molar-refractivity contribution in [1.82, 2.24) is 0 Å². The third-order valence-corrected chi connectivity index (χ3v) is 5.37. The highest BCUT2D eigenvalue weighted by Gasteiger charge is 2.24. The van der Waals surface area contributed by atoms with Crippen LogP contribution in [0.4, 0.5) is 11.4 Å².